The van der Waals surface area contributed by atoms with Gasteiger partial charge in [0.15, 0.2) is 11.5 Å². The number of esters is 1. The van der Waals surface area contributed by atoms with Gasteiger partial charge in [0.25, 0.3) is 6.43 Å². The molecule has 7 heteroatoms. The van der Waals surface area contributed by atoms with Crippen LogP contribution in [0.5, 0.6) is 0 Å². The number of aromatic nitrogens is 1. The Hall–Kier alpha value is -1.79. The largest absolute Gasteiger partial charge is 0.464 e. The van der Waals surface area contributed by atoms with Crippen molar-refractivity contribution in [1.82, 2.24) is 4.98 Å². The average Bonchev–Trinajstić information content (AvgIpc) is 2.20. The van der Waals surface area contributed by atoms with Gasteiger partial charge in [-0.1, -0.05) is 0 Å². The lowest BCUT2D eigenvalue weighted by atomic mass is 10.1. The Bertz CT molecular complexity index is 396. The van der Waals surface area contributed by atoms with Crippen molar-refractivity contribution in [2.75, 3.05) is 12.8 Å². The average molecular weight is 220 g/mol. The molecule has 2 N–H and O–H groups in total. The number of methoxy groups -OCH3 is 1. The Morgan fingerprint density at radius 3 is 2.67 bits per heavy atom. The SMILES string of the molecule is COC(=O)c1ncc(N)c(F)c1C(F)F. The van der Waals surface area contributed by atoms with Crippen LogP contribution in [0.1, 0.15) is 22.5 Å². The van der Waals surface area contributed by atoms with Crippen molar-refractivity contribution in [2.45, 2.75) is 6.43 Å². The number of hydrogen-bond acceptors (Lipinski definition) is 4. The number of carbonyl (C=O) groups is 1. The number of ether oxygens (including phenoxy) is 1. The number of halogens is 3. The molecule has 0 fully saturated rings. The van der Waals surface area contributed by atoms with Crippen molar-refractivity contribution < 1.29 is 22.7 Å². The van der Waals surface area contributed by atoms with E-state index in [0.717, 1.165) is 13.3 Å². The van der Waals surface area contributed by atoms with Crippen molar-refractivity contribution in [3.63, 3.8) is 0 Å². The predicted octanol–water partition coefficient (Wildman–Crippen LogP) is 1.53. The highest BCUT2D eigenvalue weighted by atomic mass is 19.3. The molecule has 0 aromatic carbocycles. The number of alkyl halides is 2. The zero-order chi connectivity index (χ0) is 11.6. The first kappa shape index (κ1) is 11.3. The Labute approximate surface area is 82.9 Å². The van der Waals surface area contributed by atoms with E-state index in [4.69, 9.17) is 5.73 Å². The minimum atomic E-state index is -3.19. The fourth-order valence-corrected chi connectivity index (χ4v) is 0.978. The van der Waals surface area contributed by atoms with Gasteiger partial charge in [-0.05, 0) is 0 Å². The molecule has 0 bridgehead atoms. The Balaban J connectivity index is 3.40. The molecular formula is C8H7F3N2O2. The third-order valence-corrected chi connectivity index (χ3v) is 1.67. The summed E-state index contributed by atoms with van der Waals surface area (Å²) in [7, 11) is 0.980. The second-order valence-corrected chi connectivity index (χ2v) is 2.58. The first-order valence-electron chi connectivity index (χ1n) is 3.79. The van der Waals surface area contributed by atoms with Gasteiger partial charge in [0.05, 0.1) is 24.6 Å². The number of nitrogen functional groups attached to an aromatic ring is 1. The molecule has 0 spiro atoms. The van der Waals surface area contributed by atoms with Crippen LogP contribution in [-0.2, 0) is 4.74 Å². The summed E-state index contributed by atoms with van der Waals surface area (Å²) in [4.78, 5) is 14.3. The van der Waals surface area contributed by atoms with Gasteiger partial charge in [-0.2, -0.15) is 0 Å². The van der Waals surface area contributed by atoms with Gasteiger partial charge in [0.2, 0.25) is 0 Å². The maximum Gasteiger partial charge on any atom is 0.357 e. The van der Waals surface area contributed by atoms with Crippen LogP contribution in [0.3, 0.4) is 0 Å². The molecule has 0 aliphatic heterocycles. The van der Waals surface area contributed by atoms with Crippen LogP contribution in [0.25, 0.3) is 0 Å². The smallest absolute Gasteiger partial charge is 0.357 e. The van der Waals surface area contributed by atoms with E-state index in [1.165, 1.54) is 0 Å². The fourth-order valence-electron chi connectivity index (χ4n) is 0.978. The van der Waals surface area contributed by atoms with Crippen LogP contribution < -0.4 is 5.73 Å². The lowest BCUT2D eigenvalue weighted by Gasteiger charge is -2.08. The van der Waals surface area contributed by atoms with E-state index in [1.807, 2.05) is 0 Å². The molecule has 0 amide bonds. The van der Waals surface area contributed by atoms with E-state index in [2.05, 4.69) is 9.72 Å². The van der Waals surface area contributed by atoms with Crippen molar-refractivity contribution in [2.24, 2.45) is 0 Å². The maximum absolute atomic E-state index is 13.2. The normalized spacial score (nSPS) is 10.5. The lowest BCUT2D eigenvalue weighted by Crippen LogP contribution is -2.12. The van der Waals surface area contributed by atoms with Crippen molar-refractivity contribution in [3.05, 3.63) is 23.3 Å². The molecule has 0 aliphatic carbocycles. The molecule has 1 rings (SSSR count). The number of nitrogens with zero attached hydrogens (tertiary/aromatic N) is 1. The summed E-state index contributed by atoms with van der Waals surface area (Å²) in [6, 6.07) is 0. The van der Waals surface area contributed by atoms with E-state index >= 15 is 0 Å². The van der Waals surface area contributed by atoms with E-state index in [0.29, 0.717) is 0 Å². The lowest BCUT2D eigenvalue weighted by molar-refractivity contribution is 0.0579. The van der Waals surface area contributed by atoms with Crippen LogP contribution in [0.2, 0.25) is 0 Å². The van der Waals surface area contributed by atoms with Crippen LogP contribution in [0.4, 0.5) is 18.9 Å². The molecule has 0 aliphatic rings. The molecule has 15 heavy (non-hydrogen) atoms. The highest BCUT2D eigenvalue weighted by Crippen LogP contribution is 2.27. The number of pyridine rings is 1. The monoisotopic (exact) mass is 220 g/mol. The minimum Gasteiger partial charge on any atom is -0.464 e. The number of rotatable bonds is 2. The fraction of sp³-hybridized carbons (Fsp3) is 0.250. The zero-order valence-corrected chi connectivity index (χ0v) is 7.63. The van der Waals surface area contributed by atoms with Gasteiger partial charge in [-0.3, -0.25) is 0 Å². The highest BCUT2D eigenvalue weighted by molar-refractivity contribution is 5.89. The van der Waals surface area contributed by atoms with Gasteiger partial charge in [0.1, 0.15) is 0 Å². The summed E-state index contributed by atoms with van der Waals surface area (Å²) in [5.41, 5.74) is 2.60. The summed E-state index contributed by atoms with van der Waals surface area (Å²) in [6.07, 6.45) is -2.40. The summed E-state index contributed by atoms with van der Waals surface area (Å²) in [6.45, 7) is 0. The molecule has 1 aromatic heterocycles. The van der Waals surface area contributed by atoms with Crippen LogP contribution >= 0.6 is 0 Å². The minimum absolute atomic E-state index is 0.544. The first-order valence-corrected chi connectivity index (χ1v) is 3.79. The molecule has 0 atom stereocenters. The summed E-state index contributed by atoms with van der Waals surface area (Å²) >= 11 is 0. The highest BCUT2D eigenvalue weighted by Gasteiger charge is 2.26. The molecule has 0 saturated heterocycles. The van der Waals surface area contributed by atoms with E-state index in [9.17, 15) is 18.0 Å². The Morgan fingerprint density at radius 1 is 1.60 bits per heavy atom. The first-order chi connectivity index (χ1) is 6.99. The Morgan fingerprint density at radius 2 is 2.20 bits per heavy atom. The van der Waals surface area contributed by atoms with Gasteiger partial charge in [-0.25, -0.2) is 22.9 Å². The molecule has 0 saturated carbocycles. The molecule has 4 nitrogen and oxygen atoms in total. The second kappa shape index (κ2) is 4.16. The quantitative estimate of drug-likeness (QED) is 0.767. The number of nitrogens with two attached hydrogens (primary N) is 1. The van der Waals surface area contributed by atoms with Crippen LogP contribution in [0, 0.1) is 5.82 Å². The van der Waals surface area contributed by atoms with Crippen molar-refractivity contribution in [1.29, 1.82) is 0 Å². The van der Waals surface area contributed by atoms with Crippen molar-refractivity contribution >= 4 is 11.7 Å². The molecule has 1 aromatic rings. The summed E-state index contributed by atoms with van der Waals surface area (Å²) < 4.78 is 42.2. The van der Waals surface area contributed by atoms with Gasteiger partial charge in [-0.15, -0.1) is 0 Å². The van der Waals surface area contributed by atoms with Crippen molar-refractivity contribution in [3.8, 4) is 0 Å². The molecule has 0 unspecified atom stereocenters. The molecular weight excluding hydrogens is 213 g/mol. The third-order valence-electron chi connectivity index (χ3n) is 1.67. The molecule has 82 valence electrons. The molecule has 1 heterocycles. The summed E-state index contributed by atoms with van der Waals surface area (Å²) in [5.74, 6) is -2.48. The van der Waals surface area contributed by atoms with Gasteiger partial charge >= 0.3 is 5.97 Å². The molecule has 0 radical (unpaired) electrons. The third kappa shape index (κ3) is 2.00. The topological polar surface area (TPSA) is 65.2 Å². The standard InChI is InChI=1S/C8H7F3N2O2/c1-15-8(14)6-4(7(10)11)5(9)3(12)2-13-6/h2,7H,12H2,1H3. The van der Waals surface area contributed by atoms with Crippen LogP contribution in [-0.4, -0.2) is 18.1 Å². The Kier molecular flexibility index (Phi) is 3.13. The second-order valence-electron chi connectivity index (χ2n) is 2.58. The number of hydrogen-bond donors (Lipinski definition) is 1. The van der Waals surface area contributed by atoms with Gasteiger partial charge < -0.3 is 10.5 Å². The zero-order valence-electron chi connectivity index (χ0n) is 7.63. The van der Waals surface area contributed by atoms with E-state index < -0.39 is 35.2 Å². The maximum atomic E-state index is 13.2. The summed E-state index contributed by atoms with van der Waals surface area (Å²) in [5, 5.41) is 0. The van der Waals surface area contributed by atoms with E-state index in [1.54, 1.807) is 0 Å². The number of anilines is 1. The van der Waals surface area contributed by atoms with E-state index in [-0.39, 0.29) is 0 Å². The van der Waals surface area contributed by atoms with Crippen LogP contribution in [0.15, 0.2) is 6.20 Å². The predicted molar refractivity (Wildman–Crippen MR) is 44.9 cm³/mol. The number of carbonyl (C=O) groups excluding carboxylic acids is 1. The van der Waals surface area contributed by atoms with Gasteiger partial charge in [0, 0.05) is 0 Å².